The SMILES string of the molecule is CC(=O)NCCNC(=S)Nc1cc([N+](=O)[O-])ccc1Cl. The molecule has 9 heteroatoms. The largest absolute Gasteiger partial charge is 0.361 e. The number of nitro benzene ring substituents is 1. The smallest absolute Gasteiger partial charge is 0.271 e. The van der Waals surface area contributed by atoms with Gasteiger partial charge in [0.2, 0.25) is 5.91 Å². The zero-order valence-corrected chi connectivity index (χ0v) is 12.2. The fraction of sp³-hybridized carbons (Fsp3) is 0.273. The summed E-state index contributed by atoms with van der Waals surface area (Å²) in [5, 5.41) is 19.5. The number of nitrogens with zero attached hydrogens (tertiary/aromatic N) is 1. The van der Waals surface area contributed by atoms with Crippen LogP contribution in [0.15, 0.2) is 18.2 Å². The molecular formula is C11H13ClN4O3S. The van der Waals surface area contributed by atoms with Crippen LogP contribution in [-0.2, 0) is 4.79 Å². The molecule has 0 atom stereocenters. The van der Waals surface area contributed by atoms with Crippen molar-refractivity contribution >= 4 is 46.2 Å². The summed E-state index contributed by atoms with van der Waals surface area (Å²) in [4.78, 5) is 20.8. The number of nitrogens with one attached hydrogen (secondary N) is 3. The highest BCUT2D eigenvalue weighted by molar-refractivity contribution is 7.80. The third kappa shape index (κ3) is 5.37. The van der Waals surface area contributed by atoms with Crippen LogP contribution < -0.4 is 16.0 Å². The van der Waals surface area contributed by atoms with E-state index in [0.29, 0.717) is 23.8 Å². The Balaban J connectivity index is 2.55. The summed E-state index contributed by atoms with van der Waals surface area (Å²) in [6.45, 7) is 2.26. The number of carbonyl (C=O) groups excluding carboxylic acids is 1. The maximum Gasteiger partial charge on any atom is 0.271 e. The van der Waals surface area contributed by atoms with Crippen LogP contribution >= 0.6 is 23.8 Å². The lowest BCUT2D eigenvalue weighted by Crippen LogP contribution is -2.35. The van der Waals surface area contributed by atoms with Crippen molar-refractivity contribution in [3.63, 3.8) is 0 Å². The van der Waals surface area contributed by atoms with Gasteiger partial charge in [0.15, 0.2) is 5.11 Å². The first-order valence-corrected chi connectivity index (χ1v) is 6.42. The van der Waals surface area contributed by atoms with Gasteiger partial charge in [-0.05, 0) is 18.3 Å². The highest BCUT2D eigenvalue weighted by Crippen LogP contribution is 2.26. The zero-order valence-electron chi connectivity index (χ0n) is 10.6. The first-order chi connectivity index (χ1) is 9.40. The Bertz CT molecular complexity index is 538. The van der Waals surface area contributed by atoms with Crippen molar-refractivity contribution in [2.45, 2.75) is 6.92 Å². The highest BCUT2D eigenvalue weighted by Gasteiger charge is 2.10. The van der Waals surface area contributed by atoms with E-state index in [1.165, 1.54) is 25.1 Å². The molecule has 0 aromatic heterocycles. The van der Waals surface area contributed by atoms with E-state index in [1.807, 2.05) is 0 Å². The molecule has 0 saturated carbocycles. The van der Waals surface area contributed by atoms with E-state index in [4.69, 9.17) is 23.8 Å². The normalized spacial score (nSPS) is 9.70. The van der Waals surface area contributed by atoms with Crippen molar-refractivity contribution in [1.29, 1.82) is 0 Å². The maximum atomic E-state index is 10.7. The Morgan fingerprint density at radius 1 is 1.40 bits per heavy atom. The summed E-state index contributed by atoms with van der Waals surface area (Å²) in [6, 6.07) is 4.02. The van der Waals surface area contributed by atoms with Crippen molar-refractivity contribution in [3.8, 4) is 0 Å². The lowest BCUT2D eigenvalue weighted by molar-refractivity contribution is -0.384. The van der Waals surface area contributed by atoms with Crippen molar-refractivity contribution in [3.05, 3.63) is 33.3 Å². The number of halogens is 1. The van der Waals surface area contributed by atoms with Gasteiger partial charge in [0.05, 0.1) is 15.6 Å². The summed E-state index contributed by atoms with van der Waals surface area (Å²) >= 11 is 10.9. The summed E-state index contributed by atoms with van der Waals surface area (Å²) in [7, 11) is 0. The molecule has 3 N–H and O–H groups in total. The van der Waals surface area contributed by atoms with Gasteiger partial charge in [0.25, 0.3) is 5.69 Å². The van der Waals surface area contributed by atoms with Crippen LogP contribution in [-0.4, -0.2) is 29.0 Å². The van der Waals surface area contributed by atoms with Crippen LogP contribution in [0.5, 0.6) is 0 Å². The number of anilines is 1. The number of amides is 1. The molecule has 1 aromatic carbocycles. The number of hydrogen-bond donors (Lipinski definition) is 3. The Morgan fingerprint density at radius 2 is 2.05 bits per heavy atom. The number of carbonyl (C=O) groups is 1. The minimum Gasteiger partial charge on any atom is -0.361 e. The molecule has 20 heavy (non-hydrogen) atoms. The molecule has 1 amide bonds. The number of thiocarbonyl (C=S) groups is 1. The average molecular weight is 317 g/mol. The molecule has 0 aliphatic carbocycles. The Kier molecular flexibility index (Phi) is 6.13. The van der Waals surface area contributed by atoms with E-state index >= 15 is 0 Å². The van der Waals surface area contributed by atoms with E-state index < -0.39 is 4.92 Å². The molecule has 0 fully saturated rings. The van der Waals surface area contributed by atoms with Gasteiger partial charge in [-0.15, -0.1) is 0 Å². The number of hydrogen-bond acceptors (Lipinski definition) is 4. The van der Waals surface area contributed by atoms with E-state index in [1.54, 1.807) is 0 Å². The Morgan fingerprint density at radius 3 is 2.65 bits per heavy atom. The Hall–Kier alpha value is -1.93. The van der Waals surface area contributed by atoms with E-state index in [2.05, 4.69) is 16.0 Å². The van der Waals surface area contributed by atoms with Gasteiger partial charge in [-0.1, -0.05) is 11.6 Å². The van der Waals surface area contributed by atoms with Gasteiger partial charge in [-0.3, -0.25) is 14.9 Å². The van der Waals surface area contributed by atoms with Crippen LogP contribution in [0.1, 0.15) is 6.92 Å². The fourth-order valence-corrected chi connectivity index (χ4v) is 1.68. The summed E-state index contributed by atoms with van der Waals surface area (Å²) in [5.74, 6) is -0.132. The summed E-state index contributed by atoms with van der Waals surface area (Å²) < 4.78 is 0. The second-order valence-electron chi connectivity index (χ2n) is 3.79. The first kappa shape index (κ1) is 16.1. The molecule has 0 bridgehead atoms. The molecule has 0 radical (unpaired) electrons. The van der Waals surface area contributed by atoms with Crippen LogP contribution in [0.4, 0.5) is 11.4 Å². The first-order valence-electron chi connectivity index (χ1n) is 5.63. The third-order valence-electron chi connectivity index (χ3n) is 2.19. The van der Waals surface area contributed by atoms with E-state index in [0.717, 1.165) is 0 Å². The van der Waals surface area contributed by atoms with Crippen molar-refractivity contribution in [2.75, 3.05) is 18.4 Å². The van der Waals surface area contributed by atoms with Gasteiger partial charge in [-0.25, -0.2) is 0 Å². The topological polar surface area (TPSA) is 96.3 Å². The van der Waals surface area contributed by atoms with Crippen LogP contribution in [0.3, 0.4) is 0 Å². The monoisotopic (exact) mass is 316 g/mol. The predicted molar refractivity (Wildman–Crippen MR) is 81.0 cm³/mol. The van der Waals surface area contributed by atoms with Crippen molar-refractivity contribution in [1.82, 2.24) is 10.6 Å². The lowest BCUT2D eigenvalue weighted by atomic mass is 10.3. The predicted octanol–water partition coefficient (Wildman–Crippen LogP) is 1.67. The molecular weight excluding hydrogens is 304 g/mol. The number of non-ortho nitro benzene ring substituents is 1. The molecule has 108 valence electrons. The summed E-state index contributed by atoms with van der Waals surface area (Å²) in [6.07, 6.45) is 0. The number of benzene rings is 1. The number of nitro groups is 1. The zero-order chi connectivity index (χ0) is 15.1. The average Bonchev–Trinajstić information content (AvgIpc) is 2.37. The molecule has 0 saturated heterocycles. The molecule has 0 aliphatic heterocycles. The Labute approximate surface area is 125 Å². The second kappa shape index (κ2) is 7.61. The minimum absolute atomic E-state index is 0.0852. The quantitative estimate of drug-likeness (QED) is 0.331. The molecule has 0 aliphatic rings. The second-order valence-corrected chi connectivity index (χ2v) is 4.60. The molecule has 1 rings (SSSR count). The molecule has 0 spiro atoms. The van der Waals surface area contributed by atoms with Crippen molar-refractivity contribution in [2.24, 2.45) is 0 Å². The van der Waals surface area contributed by atoms with Crippen LogP contribution in [0.2, 0.25) is 5.02 Å². The highest BCUT2D eigenvalue weighted by atomic mass is 35.5. The standard InChI is InChI=1S/C11H13ClN4O3S/c1-7(17)13-4-5-14-11(20)15-10-6-8(16(18)19)2-3-9(10)12/h2-3,6H,4-5H2,1H3,(H,13,17)(H2,14,15,20). The van der Waals surface area contributed by atoms with Gasteiger partial charge >= 0.3 is 0 Å². The van der Waals surface area contributed by atoms with Gasteiger partial charge < -0.3 is 16.0 Å². The minimum atomic E-state index is -0.519. The third-order valence-corrected chi connectivity index (χ3v) is 2.77. The molecule has 7 nitrogen and oxygen atoms in total. The summed E-state index contributed by atoms with van der Waals surface area (Å²) in [5.41, 5.74) is 0.260. The lowest BCUT2D eigenvalue weighted by Gasteiger charge is -2.11. The van der Waals surface area contributed by atoms with Gasteiger partial charge in [0.1, 0.15) is 0 Å². The van der Waals surface area contributed by atoms with Gasteiger partial charge in [-0.2, -0.15) is 0 Å². The van der Waals surface area contributed by atoms with E-state index in [9.17, 15) is 14.9 Å². The molecule has 0 heterocycles. The van der Waals surface area contributed by atoms with Crippen molar-refractivity contribution < 1.29 is 9.72 Å². The fourth-order valence-electron chi connectivity index (χ4n) is 1.30. The molecule has 0 unspecified atom stereocenters. The van der Waals surface area contributed by atoms with Crippen LogP contribution in [0, 0.1) is 10.1 Å². The number of rotatable bonds is 5. The molecule has 1 aromatic rings. The van der Waals surface area contributed by atoms with Crippen LogP contribution in [0.25, 0.3) is 0 Å². The van der Waals surface area contributed by atoms with E-state index in [-0.39, 0.29) is 16.7 Å². The van der Waals surface area contributed by atoms with Gasteiger partial charge in [0, 0.05) is 32.1 Å². The maximum absolute atomic E-state index is 10.7.